The third-order valence-corrected chi connectivity index (χ3v) is 4.10. The summed E-state index contributed by atoms with van der Waals surface area (Å²) in [4.78, 5) is 0. The van der Waals surface area contributed by atoms with Crippen LogP contribution in [0.15, 0.2) is 0 Å². The van der Waals surface area contributed by atoms with Gasteiger partial charge < -0.3 is 8.85 Å². The van der Waals surface area contributed by atoms with Gasteiger partial charge in [0.25, 0.3) is 0 Å². The normalized spacial score (nSPS) is 13.8. The summed E-state index contributed by atoms with van der Waals surface area (Å²) >= 11 is 5.63. The van der Waals surface area contributed by atoms with E-state index in [1.54, 1.807) is 14.2 Å². The summed E-state index contributed by atoms with van der Waals surface area (Å²) < 4.78 is 10.4. The molecular weight excluding hydrogens is 192 g/mol. The summed E-state index contributed by atoms with van der Waals surface area (Å²) in [6, 6.07) is 1.09. The zero-order chi connectivity index (χ0) is 9.40. The van der Waals surface area contributed by atoms with Gasteiger partial charge in [0, 0.05) is 20.1 Å². The lowest BCUT2D eigenvalue weighted by Crippen LogP contribution is -2.19. The molecule has 0 N–H and O–H groups in total. The SMILES string of the molecule is CO[SiH](CCC(C)CCCl)OC. The number of alkyl halides is 1. The Morgan fingerprint density at radius 1 is 1.25 bits per heavy atom. The van der Waals surface area contributed by atoms with E-state index in [-0.39, 0.29) is 0 Å². The number of hydrogen-bond donors (Lipinski definition) is 0. The van der Waals surface area contributed by atoms with Gasteiger partial charge in [0.15, 0.2) is 0 Å². The van der Waals surface area contributed by atoms with Crippen LogP contribution < -0.4 is 0 Å². The van der Waals surface area contributed by atoms with Gasteiger partial charge in [0.2, 0.25) is 0 Å². The summed E-state index contributed by atoms with van der Waals surface area (Å²) in [5.41, 5.74) is 0. The largest absolute Gasteiger partial charge is 0.400 e. The first-order valence-corrected chi connectivity index (χ1v) is 6.65. The molecule has 4 heteroatoms. The van der Waals surface area contributed by atoms with Crippen LogP contribution in [0.2, 0.25) is 6.04 Å². The molecule has 0 aliphatic carbocycles. The van der Waals surface area contributed by atoms with Crippen LogP contribution in [0.3, 0.4) is 0 Å². The van der Waals surface area contributed by atoms with E-state index in [0.717, 1.165) is 18.3 Å². The lowest BCUT2D eigenvalue weighted by molar-refractivity contribution is 0.273. The van der Waals surface area contributed by atoms with E-state index >= 15 is 0 Å². The monoisotopic (exact) mass is 210 g/mol. The van der Waals surface area contributed by atoms with Crippen LogP contribution in [0.25, 0.3) is 0 Å². The van der Waals surface area contributed by atoms with E-state index in [2.05, 4.69) is 6.92 Å². The summed E-state index contributed by atoms with van der Waals surface area (Å²) in [6.45, 7) is 2.22. The van der Waals surface area contributed by atoms with E-state index in [1.807, 2.05) is 0 Å². The quantitative estimate of drug-likeness (QED) is 0.474. The van der Waals surface area contributed by atoms with Crippen LogP contribution in [0, 0.1) is 5.92 Å². The van der Waals surface area contributed by atoms with Crippen molar-refractivity contribution in [3.8, 4) is 0 Å². The molecule has 2 nitrogen and oxygen atoms in total. The lowest BCUT2D eigenvalue weighted by atomic mass is 10.1. The second-order valence-electron chi connectivity index (χ2n) is 3.06. The zero-order valence-electron chi connectivity index (χ0n) is 8.18. The van der Waals surface area contributed by atoms with Crippen LogP contribution in [0.5, 0.6) is 0 Å². The summed E-state index contributed by atoms with van der Waals surface area (Å²) in [7, 11) is 2.14. The van der Waals surface area contributed by atoms with Gasteiger partial charge in [-0.05, 0) is 24.8 Å². The van der Waals surface area contributed by atoms with Gasteiger partial charge >= 0.3 is 9.28 Å². The minimum atomic E-state index is -1.32. The molecule has 0 aliphatic heterocycles. The van der Waals surface area contributed by atoms with Gasteiger partial charge in [-0.3, -0.25) is 0 Å². The molecule has 0 spiro atoms. The van der Waals surface area contributed by atoms with Crippen LogP contribution >= 0.6 is 11.6 Å². The first-order valence-electron chi connectivity index (χ1n) is 4.36. The van der Waals surface area contributed by atoms with Crippen molar-refractivity contribution in [3.63, 3.8) is 0 Å². The average molecular weight is 211 g/mol. The second kappa shape index (κ2) is 8.04. The standard InChI is InChI=1S/C8H19ClO2Si/c1-8(4-6-9)5-7-12(10-2)11-3/h8,12H,4-7H2,1-3H3. The Labute approximate surface area is 82.0 Å². The summed E-state index contributed by atoms with van der Waals surface area (Å²) in [5, 5.41) is 0. The molecule has 0 saturated carbocycles. The fourth-order valence-corrected chi connectivity index (χ4v) is 2.96. The predicted octanol–water partition coefficient (Wildman–Crippen LogP) is 2.15. The highest BCUT2D eigenvalue weighted by Crippen LogP contribution is 2.13. The first-order chi connectivity index (χ1) is 5.74. The molecular formula is C8H19ClO2Si. The molecule has 1 atom stereocenters. The maximum Gasteiger partial charge on any atom is 0.320 e. The zero-order valence-corrected chi connectivity index (χ0v) is 10.1. The van der Waals surface area contributed by atoms with Crippen molar-refractivity contribution in [2.75, 3.05) is 20.1 Å². The molecule has 74 valence electrons. The van der Waals surface area contributed by atoms with Gasteiger partial charge in [0.05, 0.1) is 0 Å². The van der Waals surface area contributed by atoms with Gasteiger partial charge in [-0.2, -0.15) is 0 Å². The van der Waals surface area contributed by atoms with Crippen molar-refractivity contribution in [3.05, 3.63) is 0 Å². The minimum Gasteiger partial charge on any atom is -0.400 e. The molecule has 0 fully saturated rings. The molecule has 0 rings (SSSR count). The molecule has 0 aromatic heterocycles. The van der Waals surface area contributed by atoms with E-state index < -0.39 is 9.28 Å². The Kier molecular flexibility index (Phi) is 8.33. The molecule has 0 amide bonds. The van der Waals surface area contributed by atoms with Crippen LogP contribution in [-0.4, -0.2) is 29.4 Å². The van der Waals surface area contributed by atoms with Crippen LogP contribution in [0.4, 0.5) is 0 Å². The number of halogens is 1. The maximum atomic E-state index is 5.63. The Bertz CT molecular complexity index is 99.1. The summed E-state index contributed by atoms with van der Waals surface area (Å²) in [5.74, 6) is 1.45. The molecule has 0 aromatic carbocycles. The molecule has 0 radical (unpaired) electrons. The fraction of sp³-hybridized carbons (Fsp3) is 1.00. The smallest absolute Gasteiger partial charge is 0.320 e. The van der Waals surface area contributed by atoms with Crippen LogP contribution in [-0.2, 0) is 8.85 Å². The van der Waals surface area contributed by atoms with E-state index in [0.29, 0.717) is 5.92 Å². The highest BCUT2D eigenvalue weighted by molar-refractivity contribution is 6.44. The third-order valence-electron chi connectivity index (χ3n) is 2.02. The van der Waals surface area contributed by atoms with Crippen molar-refractivity contribution in [2.24, 2.45) is 5.92 Å². The second-order valence-corrected chi connectivity index (χ2v) is 5.82. The highest BCUT2D eigenvalue weighted by atomic mass is 35.5. The molecule has 0 heterocycles. The Balaban J connectivity index is 3.37. The van der Waals surface area contributed by atoms with E-state index in [1.165, 1.54) is 6.42 Å². The Morgan fingerprint density at radius 3 is 2.25 bits per heavy atom. The Morgan fingerprint density at radius 2 is 1.83 bits per heavy atom. The first kappa shape index (κ1) is 12.4. The molecule has 0 bridgehead atoms. The van der Waals surface area contributed by atoms with Crippen molar-refractivity contribution >= 4 is 20.9 Å². The highest BCUT2D eigenvalue weighted by Gasteiger charge is 2.11. The van der Waals surface area contributed by atoms with Gasteiger partial charge in [-0.25, -0.2) is 0 Å². The molecule has 0 saturated heterocycles. The molecule has 0 aliphatic rings. The van der Waals surface area contributed by atoms with Gasteiger partial charge in [-0.15, -0.1) is 11.6 Å². The number of rotatable bonds is 7. The fourth-order valence-electron chi connectivity index (χ4n) is 1.08. The van der Waals surface area contributed by atoms with Crippen molar-refractivity contribution in [2.45, 2.75) is 25.8 Å². The molecule has 0 aromatic rings. The van der Waals surface area contributed by atoms with Crippen molar-refractivity contribution < 1.29 is 8.85 Å². The van der Waals surface area contributed by atoms with Gasteiger partial charge in [0.1, 0.15) is 0 Å². The lowest BCUT2D eigenvalue weighted by Gasteiger charge is -2.13. The van der Waals surface area contributed by atoms with Crippen LogP contribution in [0.1, 0.15) is 19.8 Å². The predicted molar refractivity (Wildman–Crippen MR) is 55.1 cm³/mol. The molecule has 1 unspecified atom stereocenters. The third kappa shape index (κ3) is 6.00. The topological polar surface area (TPSA) is 18.5 Å². The number of hydrogen-bond acceptors (Lipinski definition) is 2. The van der Waals surface area contributed by atoms with Crippen molar-refractivity contribution in [1.82, 2.24) is 0 Å². The molecule has 12 heavy (non-hydrogen) atoms. The Hall–Kier alpha value is 0.427. The maximum absolute atomic E-state index is 5.63. The van der Waals surface area contributed by atoms with Gasteiger partial charge in [-0.1, -0.05) is 6.92 Å². The van der Waals surface area contributed by atoms with E-state index in [9.17, 15) is 0 Å². The van der Waals surface area contributed by atoms with Crippen molar-refractivity contribution in [1.29, 1.82) is 0 Å². The average Bonchev–Trinajstić information content (AvgIpc) is 2.07. The minimum absolute atomic E-state index is 0.697. The summed E-state index contributed by atoms with van der Waals surface area (Å²) in [6.07, 6.45) is 2.27. The van der Waals surface area contributed by atoms with E-state index in [4.69, 9.17) is 20.5 Å².